The Kier molecular flexibility index (Phi) is 4.54. The number of hydrogen-bond acceptors (Lipinski definition) is 3. The van der Waals surface area contributed by atoms with Crippen molar-refractivity contribution in [2.45, 2.75) is 37.6 Å². The van der Waals surface area contributed by atoms with Crippen LogP contribution in [-0.4, -0.2) is 11.7 Å². The minimum absolute atomic E-state index is 0.0556. The molecular formula is C17H18FNOS2. The van der Waals surface area contributed by atoms with Gasteiger partial charge in [-0.3, -0.25) is 4.79 Å². The summed E-state index contributed by atoms with van der Waals surface area (Å²) in [7, 11) is 0. The van der Waals surface area contributed by atoms with Crippen molar-refractivity contribution in [3.8, 4) is 0 Å². The standard InChI is InChI=1S/C17H18FNOS2/c1-3-11-8-16(22-10(11)2)17(20)19-14-6-7-21-15-5-4-12(18)9-13(14)15/h4-5,8-9,14H,3,6-7H2,1-2H3,(H,19,20). The van der Waals surface area contributed by atoms with Crippen LogP contribution in [0.4, 0.5) is 4.39 Å². The molecule has 1 aromatic heterocycles. The Balaban J connectivity index is 1.82. The van der Waals surface area contributed by atoms with E-state index in [2.05, 4.69) is 12.2 Å². The van der Waals surface area contributed by atoms with E-state index >= 15 is 0 Å². The maximum Gasteiger partial charge on any atom is 0.261 e. The van der Waals surface area contributed by atoms with Gasteiger partial charge >= 0.3 is 0 Å². The van der Waals surface area contributed by atoms with Crippen LogP contribution < -0.4 is 5.32 Å². The van der Waals surface area contributed by atoms with Crippen LogP contribution >= 0.6 is 23.1 Å². The van der Waals surface area contributed by atoms with Crippen LogP contribution in [0.25, 0.3) is 0 Å². The Labute approximate surface area is 138 Å². The molecule has 5 heteroatoms. The molecule has 1 aliphatic rings. The van der Waals surface area contributed by atoms with E-state index in [9.17, 15) is 9.18 Å². The van der Waals surface area contributed by atoms with Crippen LogP contribution in [0.15, 0.2) is 29.2 Å². The van der Waals surface area contributed by atoms with Crippen molar-refractivity contribution in [1.82, 2.24) is 5.32 Å². The van der Waals surface area contributed by atoms with Crippen molar-refractivity contribution in [3.05, 3.63) is 51.0 Å². The van der Waals surface area contributed by atoms with Crippen LogP contribution in [0.1, 0.15) is 45.1 Å². The van der Waals surface area contributed by atoms with Gasteiger partial charge in [0.2, 0.25) is 0 Å². The second-order valence-corrected chi connectivity index (χ2v) is 7.78. The summed E-state index contributed by atoms with van der Waals surface area (Å²) in [6.07, 6.45) is 1.77. The summed E-state index contributed by atoms with van der Waals surface area (Å²) in [5.41, 5.74) is 2.12. The number of rotatable bonds is 3. The molecule has 0 fully saturated rings. The summed E-state index contributed by atoms with van der Waals surface area (Å²) < 4.78 is 13.5. The molecule has 0 saturated carbocycles. The summed E-state index contributed by atoms with van der Waals surface area (Å²) in [5, 5.41) is 3.07. The van der Waals surface area contributed by atoms with Gasteiger partial charge in [0.1, 0.15) is 5.82 Å². The van der Waals surface area contributed by atoms with E-state index < -0.39 is 0 Å². The quantitative estimate of drug-likeness (QED) is 0.879. The largest absolute Gasteiger partial charge is 0.344 e. The Morgan fingerprint density at radius 2 is 2.23 bits per heavy atom. The fourth-order valence-electron chi connectivity index (χ4n) is 2.73. The molecule has 22 heavy (non-hydrogen) atoms. The summed E-state index contributed by atoms with van der Waals surface area (Å²) in [4.78, 5) is 15.5. The average molecular weight is 335 g/mol. The van der Waals surface area contributed by atoms with Gasteiger partial charge in [-0.2, -0.15) is 0 Å². The number of thioether (sulfide) groups is 1. The van der Waals surface area contributed by atoms with Crippen molar-refractivity contribution in [2.75, 3.05) is 5.75 Å². The lowest BCUT2D eigenvalue weighted by atomic mass is 10.0. The Hall–Kier alpha value is -1.33. The van der Waals surface area contributed by atoms with Crippen LogP contribution in [-0.2, 0) is 6.42 Å². The number of aryl methyl sites for hydroxylation is 2. The first-order chi connectivity index (χ1) is 10.6. The Bertz CT molecular complexity index is 711. The second-order valence-electron chi connectivity index (χ2n) is 5.39. The molecule has 1 atom stereocenters. The van der Waals surface area contributed by atoms with Crippen LogP contribution in [0.5, 0.6) is 0 Å². The first-order valence-electron chi connectivity index (χ1n) is 7.41. The average Bonchev–Trinajstić information content (AvgIpc) is 2.89. The molecule has 1 aliphatic heterocycles. The van der Waals surface area contributed by atoms with Gasteiger partial charge in [0, 0.05) is 15.5 Å². The van der Waals surface area contributed by atoms with Crippen molar-refractivity contribution in [2.24, 2.45) is 0 Å². The Morgan fingerprint density at radius 1 is 1.41 bits per heavy atom. The normalized spacial score (nSPS) is 17.1. The third kappa shape index (κ3) is 3.06. The number of carbonyl (C=O) groups excluding carboxylic acids is 1. The maximum atomic E-state index is 13.5. The summed E-state index contributed by atoms with van der Waals surface area (Å²) >= 11 is 3.25. The van der Waals surface area contributed by atoms with Gasteiger partial charge in [-0.15, -0.1) is 23.1 Å². The fourth-order valence-corrected chi connectivity index (χ4v) is 4.85. The molecule has 116 valence electrons. The predicted octanol–water partition coefficient (Wildman–Crippen LogP) is 4.72. The molecule has 0 bridgehead atoms. The van der Waals surface area contributed by atoms with Gasteiger partial charge in [0.05, 0.1) is 10.9 Å². The molecule has 1 aromatic carbocycles. The number of carbonyl (C=O) groups is 1. The first-order valence-corrected chi connectivity index (χ1v) is 9.21. The van der Waals surface area contributed by atoms with Crippen LogP contribution in [0.3, 0.4) is 0 Å². The zero-order valence-corrected chi connectivity index (χ0v) is 14.2. The molecule has 0 spiro atoms. The number of amides is 1. The van der Waals surface area contributed by atoms with E-state index in [0.29, 0.717) is 0 Å². The topological polar surface area (TPSA) is 29.1 Å². The summed E-state index contributed by atoms with van der Waals surface area (Å²) in [6, 6.07) is 6.69. The molecule has 1 amide bonds. The number of thiophene rings is 1. The smallest absolute Gasteiger partial charge is 0.261 e. The zero-order chi connectivity index (χ0) is 15.7. The van der Waals surface area contributed by atoms with E-state index in [0.717, 1.165) is 33.9 Å². The second kappa shape index (κ2) is 6.42. The molecule has 0 aliphatic carbocycles. The number of benzene rings is 1. The minimum atomic E-state index is -0.249. The lowest BCUT2D eigenvalue weighted by Crippen LogP contribution is -2.30. The highest BCUT2D eigenvalue weighted by Gasteiger charge is 2.24. The van der Waals surface area contributed by atoms with Crippen molar-refractivity contribution in [1.29, 1.82) is 0 Å². The molecule has 1 unspecified atom stereocenters. The number of fused-ring (bicyclic) bond motifs is 1. The van der Waals surface area contributed by atoms with E-state index in [1.807, 2.05) is 13.0 Å². The van der Waals surface area contributed by atoms with Crippen molar-refractivity contribution in [3.63, 3.8) is 0 Å². The fraction of sp³-hybridized carbons (Fsp3) is 0.353. The Morgan fingerprint density at radius 3 is 2.95 bits per heavy atom. The van der Waals surface area contributed by atoms with Crippen molar-refractivity contribution < 1.29 is 9.18 Å². The predicted molar refractivity (Wildman–Crippen MR) is 90.4 cm³/mol. The minimum Gasteiger partial charge on any atom is -0.344 e. The van der Waals surface area contributed by atoms with Gasteiger partial charge in [-0.05, 0) is 55.2 Å². The molecule has 0 saturated heterocycles. The molecule has 3 rings (SSSR count). The zero-order valence-electron chi connectivity index (χ0n) is 12.6. The van der Waals surface area contributed by atoms with Gasteiger partial charge < -0.3 is 5.32 Å². The van der Waals surface area contributed by atoms with E-state index in [4.69, 9.17) is 0 Å². The summed E-state index contributed by atoms with van der Waals surface area (Å²) in [5.74, 6) is 0.633. The first kappa shape index (κ1) is 15.6. The highest BCUT2D eigenvalue weighted by molar-refractivity contribution is 7.99. The SMILES string of the molecule is CCc1cc(C(=O)NC2CCSc3ccc(F)cc32)sc1C. The molecular weight excluding hydrogens is 317 g/mol. The molecule has 0 radical (unpaired) electrons. The maximum absolute atomic E-state index is 13.5. The highest BCUT2D eigenvalue weighted by Crippen LogP contribution is 2.36. The molecule has 2 aromatic rings. The lowest BCUT2D eigenvalue weighted by molar-refractivity contribution is 0.0939. The number of hydrogen-bond donors (Lipinski definition) is 1. The number of halogens is 1. The molecule has 2 heterocycles. The highest BCUT2D eigenvalue weighted by atomic mass is 32.2. The number of nitrogens with one attached hydrogen (secondary N) is 1. The van der Waals surface area contributed by atoms with E-state index in [-0.39, 0.29) is 17.8 Å². The van der Waals surface area contributed by atoms with Gasteiger partial charge in [0.15, 0.2) is 0 Å². The van der Waals surface area contributed by atoms with Crippen LogP contribution in [0.2, 0.25) is 0 Å². The molecule has 1 N–H and O–H groups in total. The monoisotopic (exact) mass is 335 g/mol. The van der Waals surface area contributed by atoms with E-state index in [1.54, 1.807) is 23.9 Å². The third-order valence-electron chi connectivity index (χ3n) is 3.94. The van der Waals surface area contributed by atoms with Gasteiger partial charge in [-0.25, -0.2) is 4.39 Å². The van der Waals surface area contributed by atoms with E-state index in [1.165, 1.54) is 27.8 Å². The lowest BCUT2D eigenvalue weighted by Gasteiger charge is -2.25. The van der Waals surface area contributed by atoms with Crippen molar-refractivity contribution >= 4 is 29.0 Å². The van der Waals surface area contributed by atoms with Gasteiger partial charge in [0.25, 0.3) is 5.91 Å². The molecule has 2 nitrogen and oxygen atoms in total. The van der Waals surface area contributed by atoms with Crippen LogP contribution in [0, 0.1) is 12.7 Å². The third-order valence-corrected chi connectivity index (χ3v) is 6.16. The van der Waals surface area contributed by atoms with Gasteiger partial charge in [-0.1, -0.05) is 6.92 Å². The summed E-state index contributed by atoms with van der Waals surface area (Å²) in [6.45, 7) is 4.14.